The molecule has 0 saturated heterocycles. The van der Waals surface area contributed by atoms with Crippen LogP contribution in [-0.4, -0.2) is 0 Å². The van der Waals surface area contributed by atoms with Crippen LogP contribution in [0.15, 0.2) is 91.0 Å². The normalized spacial score (nSPS) is 12.0. The Morgan fingerprint density at radius 3 is 1.01 bits per heavy atom. The summed E-state index contributed by atoms with van der Waals surface area (Å²) in [5.41, 5.74) is 22.5. The van der Waals surface area contributed by atoms with Crippen molar-refractivity contribution in [1.82, 2.24) is 0 Å². The van der Waals surface area contributed by atoms with Gasteiger partial charge in [0.15, 0.2) is 0 Å². The highest BCUT2D eigenvalue weighted by Crippen LogP contribution is 2.49. The minimum atomic E-state index is 0.128. The van der Waals surface area contributed by atoms with Crippen molar-refractivity contribution in [2.45, 2.75) is 294 Å². The molecule has 0 spiro atoms. The molecule has 0 heterocycles. The van der Waals surface area contributed by atoms with Crippen molar-refractivity contribution >= 4 is 0 Å². The van der Waals surface area contributed by atoms with E-state index in [0.29, 0.717) is 0 Å². The lowest BCUT2D eigenvalue weighted by Crippen LogP contribution is -2.15. The van der Waals surface area contributed by atoms with Gasteiger partial charge in [-0.2, -0.15) is 0 Å². The lowest BCUT2D eigenvalue weighted by atomic mass is 9.81. The lowest BCUT2D eigenvalue weighted by molar-refractivity contribution is 0.602. The summed E-state index contributed by atoms with van der Waals surface area (Å²) in [5, 5.41) is 0. The molecule has 1 aliphatic carbocycles. The van der Waals surface area contributed by atoms with E-state index in [-0.39, 0.29) is 5.41 Å². The number of hydrogen-bond acceptors (Lipinski definition) is 0. The average molecular weight is 1020 g/mol. The van der Waals surface area contributed by atoms with Crippen LogP contribution >= 0.6 is 0 Å². The quantitative estimate of drug-likeness (QED) is 0.0388. The summed E-state index contributed by atoms with van der Waals surface area (Å²) in [4.78, 5) is 0. The third-order valence-corrected chi connectivity index (χ3v) is 16.6. The van der Waals surface area contributed by atoms with Gasteiger partial charge < -0.3 is 0 Å². The third kappa shape index (κ3) is 24.1. The van der Waals surface area contributed by atoms with Gasteiger partial charge in [-0.05, 0) is 182 Å². The number of aryl methyl sites for hydroxylation is 7. The van der Waals surface area contributed by atoms with Gasteiger partial charge in [0.25, 0.3) is 0 Å². The van der Waals surface area contributed by atoms with Crippen LogP contribution in [0, 0.1) is 27.7 Å². The molecule has 0 aromatic heterocycles. The third-order valence-electron chi connectivity index (χ3n) is 16.6. The van der Waals surface area contributed by atoms with Gasteiger partial charge >= 0.3 is 0 Å². The van der Waals surface area contributed by atoms with Gasteiger partial charge in [-0.1, -0.05) is 282 Å². The fourth-order valence-corrected chi connectivity index (χ4v) is 11.0. The van der Waals surface area contributed by atoms with Crippen molar-refractivity contribution in [3.63, 3.8) is 0 Å². The second-order valence-electron chi connectivity index (χ2n) is 23.5. The first-order chi connectivity index (χ1) is 36.4. The summed E-state index contributed by atoms with van der Waals surface area (Å²) in [6.07, 6.45) is 41.4. The summed E-state index contributed by atoms with van der Waals surface area (Å²) in [6.45, 7) is 29.7. The number of unbranched alkanes of at least 4 members (excludes halogenated alkanes) is 19. The highest BCUT2D eigenvalue weighted by Gasteiger charge is 2.35. The second kappa shape index (κ2) is 38.6. The standard InChI is InChI=1S/C27H38.C20H34.C19H24.C9H20/c1-5-7-9-11-13-21-15-17-23-24-18-16-22(14-12-10-8-6-2)20-26(24)27(3,4)25(23)19-21;1-5-7-9-11-13-19-15-16-20(18(4)17(19)3)14-12-10-8-6-2;1-4-5-6-17-9-11-18(12-10-17)14-19-8-7-15(2)16(3)13-19;1-3-5-7-9-8-6-4-2/h15-20H,5-14H2,1-4H3;15-16H,5-14H2,1-4H3;7-13H,4-6,14H2,1-3H3;3-9H2,1-2H3. The van der Waals surface area contributed by atoms with E-state index in [1.165, 1.54) is 254 Å². The zero-order chi connectivity index (χ0) is 54.7. The van der Waals surface area contributed by atoms with E-state index in [1.54, 1.807) is 22.3 Å². The van der Waals surface area contributed by atoms with Crippen molar-refractivity contribution in [1.29, 1.82) is 0 Å². The van der Waals surface area contributed by atoms with Gasteiger partial charge in [-0.15, -0.1) is 0 Å². The molecular formula is C75H116. The highest BCUT2D eigenvalue weighted by atomic mass is 14.4. The van der Waals surface area contributed by atoms with Crippen LogP contribution in [0.5, 0.6) is 0 Å². The fourth-order valence-electron chi connectivity index (χ4n) is 11.0. The fraction of sp³-hybridized carbons (Fsp3) is 0.600. The van der Waals surface area contributed by atoms with Crippen molar-refractivity contribution in [3.05, 3.63) is 163 Å². The Hall–Kier alpha value is -3.90. The molecule has 0 unspecified atom stereocenters. The molecule has 1 aliphatic rings. The molecule has 0 atom stereocenters. The molecule has 0 aliphatic heterocycles. The molecule has 0 amide bonds. The van der Waals surface area contributed by atoms with Crippen LogP contribution in [0.3, 0.4) is 0 Å². The first kappa shape index (κ1) is 65.4. The molecule has 0 fully saturated rings. The molecule has 0 bridgehead atoms. The largest absolute Gasteiger partial charge is 0.0654 e. The van der Waals surface area contributed by atoms with E-state index in [9.17, 15) is 0 Å². The number of rotatable bonds is 31. The summed E-state index contributed by atoms with van der Waals surface area (Å²) in [6, 6.07) is 35.2. The van der Waals surface area contributed by atoms with Crippen LogP contribution < -0.4 is 0 Å². The smallest absolute Gasteiger partial charge is 0.0159 e. The SMILES string of the molecule is CCCCCCCCC.CCCCCCc1ccc(CCCCCC)c(C)c1C.CCCCCCc1ccc2c(c1)C(C)(C)c1cc(CCCCCC)ccc1-2.CCCCc1ccc(Cc2ccc(C)c(C)c2)cc1. The summed E-state index contributed by atoms with van der Waals surface area (Å²) in [5.74, 6) is 0. The van der Waals surface area contributed by atoms with E-state index in [0.717, 1.165) is 6.42 Å². The number of fused-ring (bicyclic) bond motifs is 3. The van der Waals surface area contributed by atoms with Crippen LogP contribution in [0.1, 0.15) is 295 Å². The van der Waals surface area contributed by atoms with Gasteiger partial charge in [0.1, 0.15) is 0 Å². The first-order valence-electron chi connectivity index (χ1n) is 31.9. The molecule has 0 nitrogen and oxygen atoms in total. The van der Waals surface area contributed by atoms with E-state index in [4.69, 9.17) is 0 Å². The van der Waals surface area contributed by atoms with Crippen molar-refractivity contribution in [2.24, 2.45) is 0 Å². The van der Waals surface area contributed by atoms with Crippen LogP contribution in [0.4, 0.5) is 0 Å². The van der Waals surface area contributed by atoms with E-state index in [1.807, 2.05) is 0 Å². The number of hydrogen-bond donors (Lipinski definition) is 0. The monoisotopic (exact) mass is 1020 g/mol. The zero-order valence-electron chi connectivity index (χ0n) is 51.6. The molecule has 6 rings (SSSR count). The Kier molecular flexibility index (Phi) is 33.7. The van der Waals surface area contributed by atoms with E-state index < -0.39 is 0 Å². The number of benzene rings is 5. The highest BCUT2D eigenvalue weighted by molar-refractivity contribution is 5.81. The van der Waals surface area contributed by atoms with Gasteiger partial charge in [0, 0.05) is 5.41 Å². The maximum Gasteiger partial charge on any atom is 0.0159 e. The van der Waals surface area contributed by atoms with Crippen LogP contribution in [0.2, 0.25) is 0 Å². The maximum atomic E-state index is 2.50. The topological polar surface area (TPSA) is 0 Å². The van der Waals surface area contributed by atoms with Gasteiger partial charge in [-0.3, -0.25) is 0 Å². The Balaban J connectivity index is 0.000000278. The predicted octanol–water partition coefficient (Wildman–Crippen LogP) is 23.8. The Morgan fingerprint density at radius 2 is 0.613 bits per heavy atom. The molecule has 5 aromatic rings. The van der Waals surface area contributed by atoms with E-state index in [2.05, 4.69) is 181 Å². The van der Waals surface area contributed by atoms with Crippen molar-refractivity contribution in [2.75, 3.05) is 0 Å². The molecule has 0 radical (unpaired) electrons. The lowest BCUT2D eigenvalue weighted by Gasteiger charge is -2.22. The first-order valence-corrected chi connectivity index (χ1v) is 31.9. The Labute approximate surface area is 466 Å². The molecule has 0 N–H and O–H groups in total. The van der Waals surface area contributed by atoms with Gasteiger partial charge in [0.2, 0.25) is 0 Å². The van der Waals surface area contributed by atoms with E-state index >= 15 is 0 Å². The molecular weight excluding hydrogens is 901 g/mol. The minimum absolute atomic E-state index is 0.128. The molecule has 0 heteroatoms. The summed E-state index contributed by atoms with van der Waals surface area (Å²) in [7, 11) is 0. The predicted molar refractivity (Wildman–Crippen MR) is 339 cm³/mol. The maximum absolute atomic E-state index is 2.50. The second-order valence-corrected chi connectivity index (χ2v) is 23.5. The Bertz CT molecular complexity index is 2140. The van der Waals surface area contributed by atoms with Gasteiger partial charge in [-0.25, -0.2) is 0 Å². The van der Waals surface area contributed by atoms with Crippen molar-refractivity contribution < 1.29 is 0 Å². The molecule has 416 valence electrons. The van der Waals surface area contributed by atoms with Gasteiger partial charge in [0.05, 0.1) is 0 Å². The summed E-state index contributed by atoms with van der Waals surface area (Å²) < 4.78 is 0. The average Bonchev–Trinajstić information content (AvgIpc) is 3.64. The van der Waals surface area contributed by atoms with Crippen LogP contribution in [-0.2, 0) is 43.9 Å². The minimum Gasteiger partial charge on any atom is -0.0654 e. The van der Waals surface area contributed by atoms with Crippen molar-refractivity contribution in [3.8, 4) is 11.1 Å². The molecule has 5 aromatic carbocycles. The Morgan fingerprint density at radius 1 is 0.280 bits per heavy atom. The van der Waals surface area contributed by atoms with Crippen LogP contribution in [0.25, 0.3) is 11.1 Å². The molecule has 75 heavy (non-hydrogen) atoms. The summed E-state index contributed by atoms with van der Waals surface area (Å²) >= 11 is 0. The zero-order valence-corrected chi connectivity index (χ0v) is 51.6. The molecule has 0 saturated carbocycles.